The van der Waals surface area contributed by atoms with Crippen LogP contribution in [0.1, 0.15) is 28.4 Å². The number of hydrogen-bond donors (Lipinski definition) is 1. The highest BCUT2D eigenvalue weighted by molar-refractivity contribution is 6.30. The van der Waals surface area contributed by atoms with Crippen molar-refractivity contribution in [3.63, 3.8) is 0 Å². The van der Waals surface area contributed by atoms with Gasteiger partial charge in [-0.05, 0) is 56.2 Å². The van der Waals surface area contributed by atoms with Crippen molar-refractivity contribution in [2.45, 2.75) is 20.8 Å². The lowest BCUT2D eigenvalue weighted by atomic mass is 10.2. The molecule has 27 heavy (non-hydrogen) atoms. The molecule has 1 amide bonds. The minimum Gasteiger partial charge on any atom is -0.324 e. The Kier molecular flexibility index (Phi) is 5.72. The Bertz CT molecular complexity index is 957. The van der Waals surface area contributed by atoms with Crippen molar-refractivity contribution in [2.24, 2.45) is 0 Å². The number of benzene rings is 2. The number of nitrogens with one attached hydrogen (secondary N) is 1. The number of hydrogen-bond acceptors (Lipinski definition) is 4. The fraction of sp³-hybridized carbons (Fsp3) is 0.190. The van der Waals surface area contributed by atoms with Gasteiger partial charge in [0, 0.05) is 35.3 Å². The van der Waals surface area contributed by atoms with Crippen LogP contribution in [0.3, 0.4) is 0 Å². The number of amides is 1. The van der Waals surface area contributed by atoms with Crippen LogP contribution in [0.25, 0.3) is 0 Å². The van der Waals surface area contributed by atoms with Crippen LogP contribution in [0.15, 0.2) is 54.9 Å². The fourth-order valence-corrected chi connectivity index (χ4v) is 2.92. The smallest absolute Gasteiger partial charge is 0.261 e. The van der Waals surface area contributed by atoms with E-state index in [0.717, 1.165) is 22.5 Å². The Morgan fingerprint density at radius 3 is 2.52 bits per heavy atom. The van der Waals surface area contributed by atoms with E-state index >= 15 is 0 Å². The number of carbonyl (C=O) groups is 1. The zero-order valence-corrected chi connectivity index (χ0v) is 16.3. The molecule has 0 aliphatic rings. The second kappa shape index (κ2) is 8.18. The van der Waals surface area contributed by atoms with Crippen molar-refractivity contribution >= 4 is 34.8 Å². The maximum absolute atomic E-state index is 12.9. The van der Waals surface area contributed by atoms with Gasteiger partial charge in [-0.3, -0.25) is 4.79 Å². The number of rotatable bonds is 5. The largest absolute Gasteiger partial charge is 0.324 e. The summed E-state index contributed by atoms with van der Waals surface area (Å²) in [6.45, 7) is 6.48. The van der Waals surface area contributed by atoms with Crippen LogP contribution in [-0.4, -0.2) is 22.4 Å². The molecule has 0 saturated heterocycles. The number of anilines is 3. The molecule has 6 heteroatoms. The Labute approximate surface area is 164 Å². The van der Waals surface area contributed by atoms with E-state index in [1.807, 2.05) is 63.2 Å². The molecule has 3 aromatic rings. The Balaban J connectivity index is 1.79. The average molecular weight is 381 g/mol. The molecule has 0 saturated carbocycles. The molecule has 0 atom stereocenters. The minimum atomic E-state index is -0.131. The minimum absolute atomic E-state index is 0.131. The summed E-state index contributed by atoms with van der Waals surface area (Å²) in [5.74, 6) is 0.282. The van der Waals surface area contributed by atoms with Crippen LogP contribution in [0.5, 0.6) is 0 Å². The number of halogens is 1. The number of carbonyl (C=O) groups excluding carboxylic acids is 1. The van der Waals surface area contributed by atoms with Gasteiger partial charge < -0.3 is 10.2 Å². The van der Waals surface area contributed by atoms with Crippen LogP contribution in [-0.2, 0) is 0 Å². The van der Waals surface area contributed by atoms with Gasteiger partial charge in [0.25, 0.3) is 5.91 Å². The predicted octanol–water partition coefficient (Wildman–Crippen LogP) is 5.16. The highest BCUT2D eigenvalue weighted by Gasteiger charge is 2.17. The molecular formula is C21H21ClN4O. The summed E-state index contributed by atoms with van der Waals surface area (Å²) in [4.78, 5) is 23.1. The molecule has 5 nitrogen and oxygen atoms in total. The molecule has 0 bridgehead atoms. The number of aryl methyl sites for hydroxylation is 2. The van der Waals surface area contributed by atoms with Gasteiger partial charge in [0.2, 0.25) is 5.95 Å². The van der Waals surface area contributed by atoms with Crippen molar-refractivity contribution in [1.29, 1.82) is 0 Å². The molecule has 1 N–H and O–H groups in total. The molecule has 0 radical (unpaired) electrons. The van der Waals surface area contributed by atoms with Gasteiger partial charge in [-0.25, -0.2) is 9.97 Å². The summed E-state index contributed by atoms with van der Waals surface area (Å²) >= 11 is 6.04. The SMILES string of the molecule is CCN(C(=O)c1cnc(Nc2cc(Cl)ccc2C)nc1)c1cccc(C)c1. The van der Waals surface area contributed by atoms with Crippen molar-refractivity contribution in [3.05, 3.63) is 76.6 Å². The lowest BCUT2D eigenvalue weighted by molar-refractivity contribution is 0.0987. The van der Waals surface area contributed by atoms with Gasteiger partial charge in [0.05, 0.1) is 5.56 Å². The van der Waals surface area contributed by atoms with E-state index in [-0.39, 0.29) is 5.91 Å². The quantitative estimate of drug-likeness (QED) is 0.664. The van der Waals surface area contributed by atoms with Crippen molar-refractivity contribution in [1.82, 2.24) is 9.97 Å². The molecule has 0 aliphatic heterocycles. The normalized spacial score (nSPS) is 10.5. The van der Waals surface area contributed by atoms with E-state index in [0.29, 0.717) is 23.1 Å². The second-order valence-electron chi connectivity index (χ2n) is 6.27. The van der Waals surface area contributed by atoms with E-state index in [9.17, 15) is 4.79 Å². The zero-order valence-electron chi connectivity index (χ0n) is 15.5. The van der Waals surface area contributed by atoms with Crippen LogP contribution in [0.4, 0.5) is 17.3 Å². The van der Waals surface area contributed by atoms with Gasteiger partial charge >= 0.3 is 0 Å². The van der Waals surface area contributed by atoms with E-state index in [1.54, 1.807) is 4.90 Å². The summed E-state index contributed by atoms with van der Waals surface area (Å²) in [5.41, 5.74) is 4.26. The molecule has 1 aromatic heterocycles. The Hall–Kier alpha value is -2.92. The third-order valence-corrected chi connectivity index (χ3v) is 4.45. The monoisotopic (exact) mass is 380 g/mol. The molecule has 138 valence electrons. The molecule has 3 rings (SSSR count). The van der Waals surface area contributed by atoms with Gasteiger partial charge in [-0.2, -0.15) is 0 Å². The Morgan fingerprint density at radius 1 is 1.11 bits per heavy atom. The molecule has 2 aromatic carbocycles. The fourth-order valence-electron chi connectivity index (χ4n) is 2.75. The lowest BCUT2D eigenvalue weighted by Gasteiger charge is -2.21. The maximum atomic E-state index is 12.9. The highest BCUT2D eigenvalue weighted by Crippen LogP contribution is 2.23. The first-order valence-corrected chi connectivity index (χ1v) is 9.09. The number of aromatic nitrogens is 2. The van der Waals surface area contributed by atoms with E-state index < -0.39 is 0 Å². The maximum Gasteiger partial charge on any atom is 0.261 e. The summed E-state index contributed by atoms with van der Waals surface area (Å²) < 4.78 is 0. The summed E-state index contributed by atoms with van der Waals surface area (Å²) in [6.07, 6.45) is 3.08. The van der Waals surface area contributed by atoms with Crippen molar-refractivity contribution in [2.75, 3.05) is 16.8 Å². The number of nitrogens with zero attached hydrogens (tertiary/aromatic N) is 3. The van der Waals surface area contributed by atoms with Crippen LogP contribution >= 0.6 is 11.6 Å². The zero-order chi connectivity index (χ0) is 19.4. The lowest BCUT2D eigenvalue weighted by Crippen LogP contribution is -2.30. The highest BCUT2D eigenvalue weighted by atomic mass is 35.5. The van der Waals surface area contributed by atoms with E-state index in [4.69, 9.17) is 11.6 Å². The first kappa shape index (κ1) is 18.9. The molecule has 0 aliphatic carbocycles. The second-order valence-corrected chi connectivity index (χ2v) is 6.70. The molecular weight excluding hydrogens is 360 g/mol. The molecule has 1 heterocycles. The predicted molar refractivity (Wildman–Crippen MR) is 110 cm³/mol. The first-order chi connectivity index (χ1) is 13.0. The van der Waals surface area contributed by atoms with Crippen LogP contribution in [0, 0.1) is 13.8 Å². The third-order valence-electron chi connectivity index (χ3n) is 4.22. The first-order valence-electron chi connectivity index (χ1n) is 8.71. The van der Waals surface area contributed by atoms with Gasteiger partial charge in [-0.15, -0.1) is 0 Å². The van der Waals surface area contributed by atoms with Crippen LogP contribution < -0.4 is 10.2 Å². The summed E-state index contributed by atoms with van der Waals surface area (Å²) in [6, 6.07) is 13.4. The average Bonchev–Trinajstić information content (AvgIpc) is 2.66. The summed E-state index contributed by atoms with van der Waals surface area (Å²) in [5, 5.41) is 3.76. The van der Waals surface area contributed by atoms with E-state index in [2.05, 4.69) is 15.3 Å². The van der Waals surface area contributed by atoms with Crippen molar-refractivity contribution in [3.8, 4) is 0 Å². The van der Waals surface area contributed by atoms with Gasteiger partial charge in [0.15, 0.2) is 0 Å². The molecule has 0 unspecified atom stereocenters. The topological polar surface area (TPSA) is 58.1 Å². The molecule has 0 spiro atoms. The van der Waals surface area contributed by atoms with Crippen LogP contribution in [0.2, 0.25) is 5.02 Å². The van der Waals surface area contributed by atoms with Gasteiger partial charge in [-0.1, -0.05) is 29.8 Å². The van der Waals surface area contributed by atoms with E-state index in [1.165, 1.54) is 12.4 Å². The molecule has 0 fully saturated rings. The third kappa shape index (κ3) is 4.44. The van der Waals surface area contributed by atoms with Crippen molar-refractivity contribution < 1.29 is 4.79 Å². The van der Waals surface area contributed by atoms with Gasteiger partial charge in [0.1, 0.15) is 0 Å². The Morgan fingerprint density at radius 2 is 1.85 bits per heavy atom. The standard InChI is InChI=1S/C21H21ClN4O/c1-4-26(18-7-5-6-14(2)10-18)20(27)16-12-23-21(24-13-16)25-19-11-17(22)9-8-15(19)3/h5-13H,4H2,1-3H3,(H,23,24,25). The summed E-state index contributed by atoms with van der Waals surface area (Å²) in [7, 11) is 0.